The van der Waals surface area contributed by atoms with E-state index in [0.717, 1.165) is 44.1 Å². The summed E-state index contributed by atoms with van der Waals surface area (Å²) in [4.78, 5) is 0. The fourth-order valence-electron chi connectivity index (χ4n) is 3.08. The predicted molar refractivity (Wildman–Crippen MR) is 91.7 cm³/mol. The molecule has 0 radical (unpaired) electrons. The van der Waals surface area contributed by atoms with Crippen LogP contribution in [-0.2, 0) is 6.18 Å². The van der Waals surface area contributed by atoms with Crippen LogP contribution in [0.3, 0.4) is 0 Å². The number of benzene rings is 1. The molecule has 0 aromatic heterocycles. The summed E-state index contributed by atoms with van der Waals surface area (Å²) in [7, 11) is 0. The fourth-order valence-corrected chi connectivity index (χ4v) is 3.08. The van der Waals surface area contributed by atoms with E-state index in [2.05, 4.69) is 13.8 Å². The van der Waals surface area contributed by atoms with Crippen molar-refractivity contribution in [3.63, 3.8) is 0 Å². The zero-order valence-electron chi connectivity index (χ0n) is 14.6. The van der Waals surface area contributed by atoms with Crippen LogP contribution in [0, 0.1) is 0 Å². The first-order chi connectivity index (χ1) is 11.0. The van der Waals surface area contributed by atoms with Crippen molar-refractivity contribution in [3.05, 3.63) is 35.4 Å². The number of hydrogen-bond donors (Lipinski definition) is 0. The van der Waals surface area contributed by atoms with Crippen LogP contribution in [0.5, 0.6) is 0 Å². The molecule has 0 aliphatic heterocycles. The van der Waals surface area contributed by atoms with E-state index in [0.29, 0.717) is 0 Å². The molecule has 1 atom stereocenters. The molecule has 132 valence electrons. The number of halogens is 3. The minimum atomic E-state index is -4.24. The summed E-state index contributed by atoms with van der Waals surface area (Å²) in [6.45, 7) is 4.35. The number of alkyl halides is 3. The molecule has 0 N–H and O–H groups in total. The summed E-state index contributed by atoms with van der Waals surface area (Å²) in [6.07, 6.45) is 7.19. The molecule has 0 aliphatic rings. The Balaban J connectivity index is 2.70. The third-order valence-electron chi connectivity index (χ3n) is 4.50. The molecule has 0 amide bonds. The molecule has 0 spiro atoms. The molecule has 1 unspecified atom stereocenters. The molecule has 0 saturated carbocycles. The zero-order valence-corrected chi connectivity index (χ0v) is 14.6. The van der Waals surface area contributed by atoms with Gasteiger partial charge in [0.25, 0.3) is 0 Å². The molecule has 0 fully saturated rings. The fraction of sp³-hybridized carbons (Fsp3) is 0.700. The lowest BCUT2D eigenvalue weighted by Gasteiger charge is -2.19. The second-order valence-corrected chi connectivity index (χ2v) is 6.52. The molecule has 0 saturated heterocycles. The van der Waals surface area contributed by atoms with E-state index in [1.54, 1.807) is 6.07 Å². The van der Waals surface area contributed by atoms with Crippen molar-refractivity contribution < 1.29 is 13.2 Å². The summed E-state index contributed by atoms with van der Waals surface area (Å²) in [5.74, 6) is 0.269. The normalized spacial score (nSPS) is 13.3. The molecule has 0 aliphatic carbocycles. The van der Waals surface area contributed by atoms with Gasteiger partial charge in [-0.15, -0.1) is 0 Å². The highest BCUT2D eigenvalue weighted by molar-refractivity contribution is 5.28. The van der Waals surface area contributed by atoms with Crippen LogP contribution < -0.4 is 0 Å². The van der Waals surface area contributed by atoms with Crippen LogP contribution in [0.4, 0.5) is 13.2 Å². The summed E-state index contributed by atoms with van der Waals surface area (Å²) in [5, 5.41) is 0. The van der Waals surface area contributed by atoms with Gasteiger partial charge in [0, 0.05) is 0 Å². The number of rotatable bonds is 11. The predicted octanol–water partition coefficient (Wildman–Crippen LogP) is 7.73. The maximum atomic E-state index is 12.9. The van der Waals surface area contributed by atoms with Crippen LogP contribution in [-0.4, -0.2) is 0 Å². The van der Waals surface area contributed by atoms with Gasteiger partial charge in [-0.25, -0.2) is 0 Å². The van der Waals surface area contributed by atoms with E-state index in [4.69, 9.17) is 0 Å². The minimum Gasteiger partial charge on any atom is -0.166 e. The summed E-state index contributed by atoms with van der Waals surface area (Å²) in [5.41, 5.74) is 0.355. The van der Waals surface area contributed by atoms with Crippen LogP contribution in [0.15, 0.2) is 24.3 Å². The lowest BCUT2D eigenvalue weighted by Crippen LogP contribution is -2.07. The Morgan fingerprint density at radius 3 is 2.00 bits per heavy atom. The van der Waals surface area contributed by atoms with Crippen molar-refractivity contribution in [2.45, 2.75) is 90.1 Å². The van der Waals surface area contributed by atoms with Crippen LogP contribution in [0.1, 0.15) is 95.1 Å². The highest BCUT2D eigenvalue weighted by atomic mass is 19.4. The quantitative estimate of drug-likeness (QED) is 0.364. The van der Waals surface area contributed by atoms with Crippen molar-refractivity contribution in [3.8, 4) is 0 Å². The zero-order chi connectivity index (χ0) is 17.1. The Labute approximate surface area is 139 Å². The Morgan fingerprint density at radius 2 is 1.39 bits per heavy atom. The Morgan fingerprint density at radius 1 is 0.826 bits per heavy atom. The second kappa shape index (κ2) is 10.7. The van der Waals surface area contributed by atoms with Gasteiger partial charge in [0.05, 0.1) is 5.56 Å². The highest BCUT2D eigenvalue weighted by Crippen LogP contribution is 2.34. The first-order valence-corrected chi connectivity index (χ1v) is 9.16. The molecule has 0 bridgehead atoms. The van der Waals surface area contributed by atoms with Gasteiger partial charge in [-0.1, -0.05) is 83.4 Å². The standard InChI is InChI=1S/C20H31F3/c1-3-5-7-8-10-13-17(12-9-6-4-2)18-14-11-15-19(16-18)20(21,22)23/h11,14-17H,3-10,12-13H2,1-2H3. The SMILES string of the molecule is CCCCCCCC(CCCCC)c1cccc(C(F)(F)F)c1. The van der Waals surface area contributed by atoms with E-state index < -0.39 is 11.7 Å². The van der Waals surface area contributed by atoms with Gasteiger partial charge in [0.2, 0.25) is 0 Å². The number of hydrogen-bond acceptors (Lipinski definition) is 0. The molecule has 1 rings (SSSR count). The van der Waals surface area contributed by atoms with E-state index >= 15 is 0 Å². The van der Waals surface area contributed by atoms with Crippen LogP contribution >= 0.6 is 0 Å². The summed E-state index contributed by atoms with van der Waals surface area (Å²) < 4.78 is 38.8. The lowest BCUT2D eigenvalue weighted by atomic mass is 9.87. The monoisotopic (exact) mass is 328 g/mol. The number of unbranched alkanes of at least 4 members (excludes halogenated alkanes) is 6. The first-order valence-electron chi connectivity index (χ1n) is 9.16. The molecule has 0 nitrogen and oxygen atoms in total. The molecular formula is C20H31F3. The lowest BCUT2D eigenvalue weighted by molar-refractivity contribution is -0.137. The van der Waals surface area contributed by atoms with E-state index in [1.807, 2.05) is 6.07 Å². The van der Waals surface area contributed by atoms with Crippen molar-refractivity contribution in [1.82, 2.24) is 0 Å². The Hall–Kier alpha value is -0.990. The van der Waals surface area contributed by atoms with Crippen molar-refractivity contribution >= 4 is 0 Å². The summed E-state index contributed by atoms with van der Waals surface area (Å²) in [6, 6.07) is 5.97. The Bertz CT molecular complexity index is 423. The van der Waals surface area contributed by atoms with Gasteiger partial charge in [-0.05, 0) is 30.4 Å². The maximum Gasteiger partial charge on any atom is 0.416 e. The third-order valence-corrected chi connectivity index (χ3v) is 4.50. The topological polar surface area (TPSA) is 0 Å². The smallest absolute Gasteiger partial charge is 0.166 e. The van der Waals surface area contributed by atoms with Gasteiger partial charge >= 0.3 is 6.18 Å². The van der Waals surface area contributed by atoms with Crippen molar-refractivity contribution in [1.29, 1.82) is 0 Å². The summed E-state index contributed by atoms with van der Waals surface area (Å²) >= 11 is 0. The molecule has 1 aromatic carbocycles. The van der Waals surface area contributed by atoms with Crippen molar-refractivity contribution in [2.24, 2.45) is 0 Å². The van der Waals surface area contributed by atoms with E-state index in [9.17, 15) is 13.2 Å². The van der Waals surface area contributed by atoms with Crippen molar-refractivity contribution in [2.75, 3.05) is 0 Å². The Kier molecular flexibility index (Phi) is 9.35. The van der Waals surface area contributed by atoms with Gasteiger partial charge in [0.15, 0.2) is 0 Å². The van der Waals surface area contributed by atoms with Gasteiger partial charge < -0.3 is 0 Å². The average molecular weight is 328 g/mol. The first kappa shape index (κ1) is 20.1. The van der Waals surface area contributed by atoms with Crippen LogP contribution in [0.25, 0.3) is 0 Å². The molecule has 1 aromatic rings. The maximum absolute atomic E-state index is 12.9. The molecule has 23 heavy (non-hydrogen) atoms. The van der Waals surface area contributed by atoms with E-state index in [1.165, 1.54) is 37.8 Å². The molecule has 0 heterocycles. The van der Waals surface area contributed by atoms with Gasteiger partial charge in [-0.3, -0.25) is 0 Å². The molecule has 3 heteroatoms. The van der Waals surface area contributed by atoms with E-state index in [-0.39, 0.29) is 5.92 Å². The average Bonchev–Trinajstić information content (AvgIpc) is 2.52. The largest absolute Gasteiger partial charge is 0.416 e. The minimum absolute atomic E-state index is 0.269. The van der Waals surface area contributed by atoms with Crippen LogP contribution in [0.2, 0.25) is 0 Å². The van der Waals surface area contributed by atoms with Gasteiger partial charge in [0.1, 0.15) is 0 Å². The molecular weight excluding hydrogens is 297 g/mol. The highest BCUT2D eigenvalue weighted by Gasteiger charge is 2.30. The van der Waals surface area contributed by atoms with Gasteiger partial charge in [-0.2, -0.15) is 13.2 Å². The second-order valence-electron chi connectivity index (χ2n) is 6.52. The third kappa shape index (κ3) is 7.90.